The fourth-order valence-electron chi connectivity index (χ4n) is 4.11. The quantitative estimate of drug-likeness (QED) is 0.386. The van der Waals surface area contributed by atoms with E-state index in [4.69, 9.17) is 0 Å². The highest BCUT2D eigenvalue weighted by Gasteiger charge is 2.49. The molecule has 3 aromatic rings. The SMILES string of the molecule is CC(C)(C)c1ccc(C2(C)NC(=O)N(CC(=O)c3ccc(NC(=O)c4ccccc4)cc3)C2=O)cc1. The summed E-state index contributed by atoms with van der Waals surface area (Å²) < 4.78 is 0. The van der Waals surface area contributed by atoms with Crippen molar-refractivity contribution >= 4 is 29.3 Å². The topological polar surface area (TPSA) is 95.6 Å². The molecular weight excluding hydrogens is 454 g/mol. The first-order chi connectivity index (χ1) is 17.0. The van der Waals surface area contributed by atoms with Gasteiger partial charge < -0.3 is 10.6 Å². The third kappa shape index (κ3) is 4.91. The number of Topliss-reactive ketones (excluding diaryl/α,β-unsaturated/α-hetero) is 1. The van der Waals surface area contributed by atoms with Gasteiger partial charge >= 0.3 is 6.03 Å². The van der Waals surface area contributed by atoms with Crippen molar-refractivity contribution in [2.75, 3.05) is 11.9 Å². The minimum absolute atomic E-state index is 0.0409. The smallest absolute Gasteiger partial charge is 0.322 e. The standard InChI is InChI=1S/C29H29N3O4/c1-28(2,3)21-12-14-22(15-13-21)29(4)26(35)32(27(36)31-29)18-24(33)19-10-16-23(17-11-19)30-25(34)20-8-6-5-7-9-20/h5-17H,18H2,1-4H3,(H,30,34)(H,31,36). The molecule has 1 unspecified atom stereocenters. The monoisotopic (exact) mass is 483 g/mol. The third-order valence-corrected chi connectivity index (χ3v) is 6.41. The highest BCUT2D eigenvalue weighted by atomic mass is 16.2. The van der Waals surface area contributed by atoms with E-state index in [1.54, 1.807) is 55.5 Å². The number of benzene rings is 3. The molecule has 0 saturated carbocycles. The van der Waals surface area contributed by atoms with Gasteiger partial charge in [-0.3, -0.25) is 19.3 Å². The average molecular weight is 484 g/mol. The maximum absolute atomic E-state index is 13.2. The van der Waals surface area contributed by atoms with Crippen LogP contribution >= 0.6 is 0 Å². The average Bonchev–Trinajstić information content (AvgIpc) is 3.08. The van der Waals surface area contributed by atoms with E-state index in [0.29, 0.717) is 22.4 Å². The van der Waals surface area contributed by atoms with Crippen LogP contribution in [-0.2, 0) is 15.7 Å². The van der Waals surface area contributed by atoms with Crippen molar-refractivity contribution in [1.29, 1.82) is 0 Å². The lowest BCUT2D eigenvalue weighted by Crippen LogP contribution is -2.41. The number of amides is 4. The molecule has 4 amide bonds. The zero-order valence-electron chi connectivity index (χ0n) is 20.8. The number of ketones is 1. The molecule has 0 spiro atoms. The Balaban J connectivity index is 1.44. The predicted octanol–water partition coefficient (Wildman–Crippen LogP) is 4.89. The molecule has 1 heterocycles. The van der Waals surface area contributed by atoms with Crippen LogP contribution in [0.3, 0.4) is 0 Å². The van der Waals surface area contributed by atoms with Crippen LogP contribution in [0.4, 0.5) is 10.5 Å². The van der Waals surface area contributed by atoms with Crippen molar-refractivity contribution in [1.82, 2.24) is 10.2 Å². The second-order valence-electron chi connectivity index (χ2n) is 10.1. The van der Waals surface area contributed by atoms with Gasteiger partial charge in [-0.05, 0) is 59.9 Å². The number of hydrogen-bond donors (Lipinski definition) is 2. The van der Waals surface area contributed by atoms with Gasteiger partial charge in [-0.1, -0.05) is 63.2 Å². The van der Waals surface area contributed by atoms with Crippen molar-refractivity contribution in [3.8, 4) is 0 Å². The first-order valence-electron chi connectivity index (χ1n) is 11.7. The van der Waals surface area contributed by atoms with Crippen molar-refractivity contribution in [2.45, 2.75) is 38.6 Å². The van der Waals surface area contributed by atoms with E-state index in [2.05, 4.69) is 31.4 Å². The number of rotatable bonds is 6. The van der Waals surface area contributed by atoms with Crippen LogP contribution in [0.25, 0.3) is 0 Å². The van der Waals surface area contributed by atoms with E-state index in [1.807, 2.05) is 30.3 Å². The second-order valence-corrected chi connectivity index (χ2v) is 10.1. The summed E-state index contributed by atoms with van der Waals surface area (Å²) in [5, 5.41) is 5.52. The molecule has 3 aromatic carbocycles. The van der Waals surface area contributed by atoms with Crippen LogP contribution in [0, 0.1) is 0 Å². The molecule has 4 rings (SSSR count). The molecule has 2 N–H and O–H groups in total. The molecule has 7 heteroatoms. The number of nitrogens with one attached hydrogen (secondary N) is 2. The van der Waals surface area contributed by atoms with E-state index in [1.165, 1.54) is 0 Å². The number of urea groups is 1. The van der Waals surface area contributed by atoms with Gasteiger partial charge in [-0.15, -0.1) is 0 Å². The summed E-state index contributed by atoms with van der Waals surface area (Å²) in [5.74, 6) is -1.12. The molecule has 1 atom stereocenters. The first-order valence-corrected chi connectivity index (χ1v) is 11.7. The largest absolute Gasteiger partial charge is 0.325 e. The van der Waals surface area contributed by atoms with Gasteiger partial charge in [0, 0.05) is 16.8 Å². The Morgan fingerprint density at radius 3 is 2.06 bits per heavy atom. The van der Waals surface area contributed by atoms with Gasteiger partial charge in [-0.25, -0.2) is 4.79 Å². The second kappa shape index (κ2) is 9.41. The highest BCUT2D eigenvalue weighted by molar-refractivity contribution is 6.11. The van der Waals surface area contributed by atoms with Crippen molar-refractivity contribution in [2.24, 2.45) is 0 Å². The lowest BCUT2D eigenvalue weighted by molar-refractivity contribution is -0.130. The van der Waals surface area contributed by atoms with E-state index in [9.17, 15) is 19.2 Å². The summed E-state index contributed by atoms with van der Waals surface area (Å²) in [6.45, 7) is 7.57. The Kier molecular flexibility index (Phi) is 6.50. The third-order valence-electron chi connectivity index (χ3n) is 6.41. The highest BCUT2D eigenvalue weighted by Crippen LogP contribution is 2.31. The molecule has 0 bridgehead atoms. The summed E-state index contributed by atoms with van der Waals surface area (Å²) in [4.78, 5) is 52.1. The summed E-state index contributed by atoms with van der Waals surface area (Å²) in [7, 11) is 0. The summed E-state index contributed by atoms with van der Waals surface area (Å²) >= 11 is 0. The van der Waals surface area contributed by atoms with E-state index in [-0.39, 0.29) is 23.7 Å². The molecule has 1 fully saturated rings. The van der Waals surface area contributed by atoms with Crippen molar-refractivity contribution in [3.63, 3.8) is 0 Å². The molecule has 0 radical (unpaired) electrons. The van der Waals surface area contributed by atoms with Gasteiger partial charge in [0.2, 0.25) is 0 Å². The summed E-state index contributed by atoms with van der Waals surface area (Å²) in [6, 6.07) is 22.1. The Morgan fingerprint density at radius 1 is 0.861 bits per heavy atom. The van der Waals surface area contributed by atoms with Crippen LogP contribution in [0.15, 0.2) is 78.9 Å². The fraction of sp³-hybridized carbons (Fsp3) is 0.241. The van der Waals surface area contributed by atoms with Crippen LogP contribution in [0.2, 0.25) is 0 Å². The van der Waals surface area contributed by atoms with Crippen LogP contribution in [-0.4, -0.2) is 35.1 Å². The molecule has 7 nitrogen and oxygen atoms in total. The molecule has 0 aliphatic carbocycles. The Labute approximate surface area is 210 Å². The Hall–Kier alpha value is -4.26. The van der Waals surface area contributed by atoms with Gasteiger partial charge in [-0.2, -0.15) is 0 Å². The predicted molar refractivity (Wildman–Crippen MR) is 138 cm³/mol. The van der Waals surface area contributed by atoms with Crippen LogP contribution in [0.5, 0.6) is 0 Å². The minimum atomic E-state index is -1.25. The van der Waals surface area contributed by atoms with Gasteiger partial charge in [0.05, 0.1) is 6.54 Å². The molecular formula is C29H29N3O4. The van der Waals surface area contributed by atoms with Gasteiger partial charge in [0.25, 0.3) is 11.8 Å². The maximum atomic E-state index is 13.2. The zero-order chi connectivity index (χ0) is 26.1. The van der Waals surface area contributed by atoms with Gasteiger partial charge in [0.15, 0.2) is 5.78 Å². The Morgan fingerprint density at radius 2 is 1.47 bits per heavy atom. The van der Waals surface area contributed by atoms with E-state index >= 15 is 0 Å². The first kappa shape index (κ1) is 24.9. The number of hydrogen-bond acceptors (Lipinski definition) is 4. The number of imide groups is 1. The lowest BCUT2D eigenvalue weighted by atomic mass is 9.84. The molecule has 1 aliphatic rings. The Bertz CT molecular complexity index is 1310. The molecule has 36 heavy (non-hydrogen) atoms. The molecule has 1 aliphatic heterocycles. The minimum Gasteiger partial charge on any atom is -0.322 e. The number of anilines is 1. The summed E-state index contributed by atoms with van der Waals surface area (Å²) in [6.07, 6.45) is 0. The van der Waals surface area contributed by atoms with Crippen molar-refractivity contribution < 1.29 is 19.2 Å². The molecule has 184 valence electrons. The van der Waals surface area contributed by atoms with E-state index in [0.717, 1.165) is 10.5 Å². The van der Waals surface area contributed by atoms with E-state index < -0.39 is 17.5 Å². The zero-order valence-corrected chi connectivity index (χ0v) is 20.8. The number of nitrogens with zero attached hydrogens (tertiary/aromatic N) is 1. The van der Waals surface area contributed by atoms with Crippen LogP contribution in [0.1, 0.15) is 59.5 Å². The summed E-state index contributed by atoms with van der Waals surface area (Å²) in [5.41, 5.74) is 1.86. The number of carbonyl (C=O) groups is 4. The fourth-order valence-corrected chi connectivity index (χ4v) is 4.11. The van der Waals surface area contributed by atoms with Gasteiger partial charge in [0.1, 0.15) is 5.54 Å². The lowest BCUT2D eigenvalue weighted by Gasteiger charge is -2.24. The van der Waals surface area contributed by atoms with Crippen molar-refractivity contribution in [3.05, 3.63) is 101 Å². The van der Waals surface area contributed by atoms with Crippen LogP contribution < -0.4 is 10.6 Å². The normalized spacial score (nSPS) is 17.6. The molecule has 1 saturated heterocycles. The maximum Gasteiger partial charge on any atom is 0.325 e. The number of carbonyl (C=O) groups excluding carboxylic acids is 4. The molecule has 0 aromatic heterocycles.